The number of para-hydroxylation sites is 1. The van der Waals surface area contributed by atoms with Crippen molar-refractivity contribution in [1.82, 2.24) is 9.97 Å². The summed E-state index contributed by atoms with van der Waals surface area (Å²) in [5, 5.41) is 14.2. The molecule has 0 bridgehead atoms. The number of hydrogen-bond donors (Lipinski definition) is 3. The number of carboxylic acids is 1. The Labute approximate surface area is 153 Å². The number of fused-ring (bicyclic) bond motifs is 1. The monoisotopic (exact) mass is 394 g/mol. The highest BCUT2D eigenvalue weighted by Crippen LogP contribution is 2.23. The van der Waals surface area contributed by atoms with Gasteiger partial charge >= 0.3 is 11.9 Å². The Morgan fingerprint density at radius 2 is 2.24 bits per heavy atom. The van der Waals surface area contributed by atoms with Gasteiger partial charge in [0, 0.05) is 5.38 Å². The number of nitrogen functional groups attached to an aromatic ring is 1. The first kappa shape index (κ1) is 17.2. The number of hydrogen-bond acceptors (Lipinski definition) is 9. The number of benzene rings is 1. The molecule has 1 aromatic carbocycles. The third kappa shape index (κ3) is 3.90. The van der Waals surface area contributed by atoms with Crippen LogP contribution in [0.5, 0.6) is 0 Å². The number of aromatic nitrogens is 2. The number of aromatic amines is 1. The zero-order chi connectivity index (χ0) is 18.0. The molecule has 0 fully saturated rings. The molecule has 3 rings (SSSR count). The van der Waals surface area contributed by atoms with Crippen molar-refractivity contribution >= 4 is 67.9 Å². The molecular weight excluding hydrogens is 384 g/mol. The van der Waals surface area contributed by atoms with Crippen LogP contribution in [0.1, 0.15) is 11.3 Å². The lowest BCUT2D eigenvalue weighted by Crippen LogP contribution is -2.17. The zero-order valence-corrected chi connectivity index (χ0v) is 14.8. The molecule has 2 aromatic heterocycles. The molecule has 128 valence electrons. The smallest absolute Gasteiger partial charge is 0.360 e. The molecule has 0 radical (unpaired) electrons. The summed E-state index contributed by atoms with van der Waals surface area (Å²) in [6.45, 7) is 0. The van der Waals surface area contributed by atoms with Crippen molar-refractivity contribution in [3.8, 4) is 0 Å². The molecule has 0 spiro atoms. The van der Waals surface area contributed by atoms with Gasteiger partial charge in [-0.15, -0.1) is 22.7 Å². The highest BCUT2D eigenvalue weighted by molar-refractivity contribution is 7.73. The maximum absolute atomic E-state index is 12.0. The minimum atomic E-state index is -1.37. The minimum Gasteiger partial charge on any atom is -0.476 e. The molecule has 0 unspecified atom stereocenters. The summed E-state index contributed by atoms with van der Waals surface area (Å²) in [5.74, 6) is -2.08. The molecule has 0 saturated carbocycles. The van der Waals surface area contributed by atoms with Crippen LogP contribution in [-0.2, 0) is 20.8 Å². The number of carbonyl (C=O) groups excluding carboxylic acids is 1. The van der Waals surface area contributed by atoms with Gasteiger partial charge in [-0.2, -0.15) is 0 Å². The van der Waals surface area contributed by atoms with E-state index in [1.807, 2.05) is 6.07 Å². The number of thiazole rings is 2. The van der Waals surface area contributed by atoms with Gasteiger partial charge in [0.15, 0.2) is 9.09 Å². The van der Waals surface area contributed by atoms with Crippen LogP contribution in [0.25, 0.3) is 10.2 Å². The number of aliphatic carboxylic acids is 1. The number of oxime groups is 1. The molecular formula is C14H10N4O4S3. The Morgan fingerprint density at radius 3 is 2.92 bits per heavy atom. The summed E-state index contributed by atoms with van der Waals surface area (Å²) >= 11 is 7.56. The number of nitrogens with two attached hydrogens (primary N) is 1. The van der Waals surface area contributed by atoms with Gasteiger partial charge in [0.2, 0.25) is 5.71 Å². The Hall–Kier alpha value is -2.63. The van der Waals surface area contributed by atoms with Crippen molar-refractivity contribution in [3.05, 3.63) is 38.8 Å². The van der Waals surface area contributed by atoms with Crippen molar-refractivity contribution in [2.75, 3.05) is 5.73 Å². The second-order valence-corrected chi connectivity index (χ2v) is 7.37. The summed E-state index contributed by atoms with van der Waals surface area (Å²) < 4.78 is 1.52. The van der Waals surface area contributed by atoms with Crippen LogP contribution in [0.4, 0.5) is 5.13 Å². The third-order valence-corrected chi connectivity index (χ3v) is 4.96. The van der Waals surface area contributed by atoms with Crippen molar-refractivity contribution in [3.63, 3.8) is 0 Å². The standard InChI is InChI=1S/C14H10N4O4S3/c15-13-16-7(5-24-13)11(12(20)21)18-22-9(19)4-6-2-1-3-8-10(6)17-14(23)25-8/h1-3,5H,4H2,(H2,15,16)(H,17,23)(H,20,21)/b18-11-. The van der Waals surface area contributed by atoms with E-state index >= 15 is 0 Å². The lowest BCUT2D eigenvalue weighted by molar-refractivity contribution is -0.142. The van der Waals surface area contributed by atoms with E-state index in [4.69, 9.17) is 27.9 Å². The van der Waals surface area contributed by atoms with Crippen LogP contribution in [0.3, 0.4) is 0 Å². The number of nitrogens with one attached hydrogen (secondary N) is 1. The van der Waals surface area contributed by atoms with Gasteiger partial charge in [0.25, 0.3) is 0 Å². The topological polar surface area (TPSA) is 131 Å². The first-order chi connectivity index (χ1) is 11.9. The average molecular weight is 394 g/mol. The highest BCUT2D eigenvalue weighted by atomic mass is 32.1. The first-order valence-corrected chi connectivity index (χ1v) is 8.87. The summed E-state index contributed by atoms with van der Waals surface area (Å²) in [5.41, 5.74) is 6.45. The molecule has 8 nitrogen and oxygen atoms in total. The maximum Gasteiger partial charge on any atom is 0.360 e. The van der Waals surface area contributed by atoms with Crippen LogP contribution >= 0.6 is 34.9 Å². The first-order valence-electron chi connectivity index (χ1n) is 6.77. The van der Waals surface area contributed by atoms with Gasteiger partial charge in [-0.05, 0) is 23.8 Å². The molecule has 0 atom stereocenters. The minimum absolute atomic E-state index is 0.0341. The van der Waals surface area contributed by atoms with E-state index in [1.165, 1.54) is 16.7 Å². The van der Waals surface area contributed by atoms with E-state index in [0.29, 0.717) is 9.52 Å². The quantitative estimate of drug-likeness (QED) is 0.262. The van der Waals surface area contributed by atoms with E-state index < -0.39 is 17.7 Å². The predicted octanol–water partition coefficient (Wildman–Crippen LogP) is 2.57. The van der Waals surface area contributed by atoms with Crippen LogP contribution in [-0.4, -0.2) is 32.7 Å². The summed E-state index contributed by atoms with van der Waals surface area (Å²) in [7, 11) is 0. The lowest BCUT2D eigenvalue weighted by Gasteiger charge is -2.02. The van der Waals surface area contributed by atoms with Gasteiger partial charge in [0.1, 0.15) is 5.69 Å². The summed E-state index contributed by atoms with van der Waals surface area (Å²) in [6, 6.07) is 5.44. The van der Waals surface area contributed by atoms with Crippen LogP contribution in [0.15, 0.2) is 28.7 Å². The fourth-order valence-electron chi connectivity index (χ4n) is 2.05. The Balaban J connectivity index is 1.79. The molecule has 0 aliphatic rings. The SMILES string of the molecule is Nc1nc(/C(=N/OC(=O)Cc2cccc3sc(=S)[nH]c23)C(=O)O)cs1. The molecule has 11 heteroatoms. The number of carbonyl (C=O) groups is 2. The Bertz CT molecular complexity index is 1050. The molecule has 0 saturated heterocycles. The highest BCUT2D eigenvalue weighted by Gasteiger charge is 2.18. The number of rotatable bonds is 5. The molecule has 0 aliphatic carbocycles. The molecule has 0 aliphatic heterocycles. The summed E-state index contributed by atoms with van der Waals surface area (Å²) in [4.78, 5) is 34.8. The van der Waals surface area contributed by atoms with Crippen LogP contribution in [0, 0.1) is 3.95 Å². The lowest BCUT2D eigenvalue weighted by atomic mass is 10.1. The van der Waals surface area contributed by atoms with E-state index in [9.17, 15) is 9.59 Å². The van der Waals surface area contributed by atoms with E-state index in [2.05, 4.69) is 15.1 Å². The van der Waals surface area contributed by atoms with Gasteiger partial charge in [0.05, 0.1) is 16.6 Å². The fourth-order valence-corrected chi connectivity index (χ4v) is 3.76. The van der Waals surface area contributed by atoms with Gasteiger partial charge < -0.3 is 20.7 Å². The second-order valence-electron chi connectivity index (χ2n) is 4.76. The Morgan fingerprint density at radius 1 is 1.44 bits per heavy atom. The van der Waals surface area contributed by atoms with Crippen molar-refractivity contribution in [1.29, 1.82) is 0 Å². The molecule has 25 heavy (non-hydrogen) atoms. The van der Waals surface area contributed by atoms with E-state index in [-0.39, 0.29) is 17.2 Å². The van der Waals surface area contributed by atoms with Gasteiger partial charge in [-0.1, -0.05) is 17.3 Å². The van der Waals surface area contributed by atoms with Crippen molar-refractivity contribution in [2.24, 2.45) is 5.16 Å². The zero-order valence-electron chi connectivity index (χ0n) is 12.4. The van der Waals surface area contributed by atoms with Crippen molar-refractivity contribution < 1.29 is 19.5 Å². The fraction of sp³-hybridized carbons (Fsp3) is 0.0714. The summed E-state index contributed by atoms with van der Waals surface area (Å²) in [6.07, 6.45) is -0.0883. The Kier molecular flexibility index (Phi) is 4.88. The van der Waals surface area contributed by atoms with Crippen LogP contribution < -0.4 is 5.73 Å². The molecule has 3 aromatic rings. The normalized spacial score (nSPS) is 11.6. The number of anilines is 1. The molecule has 4 N–H and O–H groups in total. The van der Waals surface area contributed by atoms with E-state index in [0.717, 1.165) is 21.6 Å². The van der Waals surface area contributed by atoms with E-state index in [1.54, 1.807) is 12.1 Å². The number of H-pyrrole nitrogens is 1. The number of nitrogens with zero attached hydrogens (tertiary/aromatic N) is 2. The predicted molar refractivity (Wildman–Crippen MR) is 97.5 cm³/mol. The second kappa shape index (κ2) is 7.09. The maximum atomic E-state index is 12.0. The van der Waals surface area contributed by atoms with Gasteiger partial charge in [-0.25, -0.2) is 14.6 Å². The molecule has 2 heterocycles. The van der Waals surface area contributed by atoms with Crippen LogP contribution in [0.2, 0.25) is 0 Å². The van der Waals surface area contributed by atoms with Crippen molar-refractivity contribution in [2.45, 2.75) is 6.42 Å². The molecule has 0 amide bonds. The third-order valence-electron chi connectivity index (χ3n) is 3.08. The largest absolute Gasteiger partial charge is 0.476 e. The number of carboxylic acid groups (broad SMARTS) is 1. The van der Waals surface area contributed by atoms with Gasteiger partial charge in [-0.3, -0.25) is 0 Å². The average Bonchev–Trinajstić information content (AvgIpc) is 3.13.